The second-order valence-corrected chi connectivity index (χ2v) is 2.80. The summed E-state index contributed by atoms with van der Waals surface area (Å²) in [5.41, 5.74) is 0. The van der Waals surface area contributed by atoms with Crippen LogP contribution in [-0.4, -0.2) is 25.4 Å². The van der Waals surface area contributed by atoms with Crippen molar-refractivity contribution in [2.75, 3.05) is 14.1 Å². The van der Waals surface area contributed by atoms with E-state index in [9.17, 15) is 4.79 Å². The molecule has 0 fully saturated rings. The maximum Gasteiger partial charge on any atom is 0.209 e. The molecule has 0 aliphatic heterocycles. The predicted molar refractivity (Wildman–Crippen MR) is 58.7 cm³/mol. The van der Waals surface area contributed by atoms with Crippen LogP contribution in [0.25, 0.3) is 0 Å². The summed E-state index contributed by atoms with van der Waals surface area (Å²) in [6.45, 7) is 0. The first-order valence-corrected chi connectivity index (χ1v) is 3.87. The zero-order valence-electron chi connectivity index (χ0n) is 8.42. The Kier molecular flexibility index (Phi) is 23.9. The molecule has 0 saturated carbocycles. The average Bonchev–Trinajstić information content (AvgIpc) is 2.07. The van der Waals surface area contributed by atoms with Gasteiger partial charge in [0, 0.05) is 19.1 Å². The van der Waals surface area contributed by atoms with Crippen LogP contribution in [0, 0.1) is 0 Å². The molecule has 0 unspecified atom stereocenters. The smallest absolute Gasteiger partial charge is 0.209 e. The van der Waals surface area contributed by atoms with Crippen LogP contribution in [0.3, 0.4) is 0 Å². The molecule has 0 atom stereocenters. The number of carbonyl (C=O) groups excluding carboxylic acids is 1. The van der Waals surface area contributed by atoms with Crippen molar-refractivity contribution >= 4 is 18.0 Å². The molecule has 6 heteroatoms. The van der Waals surface area contributed by atoms with Crippen molar-refractivity contribution in [2.45, 2.75) is 0 Å². The fraction of sp³-hybridized carbons (Fsp3) is 0.222. The molecule has 0 spiro atoms. The lowest BCUT2D eigenvalue weighted by Crippen LogP contribution is -2.06. The van der Waals surface area contributed by atoms with Gasteiger partial charge in [0.2, 0.25) is 6.41 Å². The topological polar surface area (TPSA) is 20.3 Å². The molecular formula is C9H15ClF3NO. The van der Waals surface area contributed by atoms with E-state index in [0.717, 1.165) is 11.4 Å². The number of nitrogens with zero attached hydrogens (tertiary/aromatic N) is 1. The summed E-state index contributed by atoms with van der Waals surface area (Å²) in [5, 5.41) is 0.794. The number of rotatable bonds is 1. The minimum Gasteiger partial charge on any atom is -0.351 e. The molecule has 0 N–H and O–H groups in total. The van der Waals surface area contributed by atoms with E-state index in [-0.39, 0.29) is 14.1 Å². The molecule has 0 saturated heterocycles. The molecule has 1 aromatic rings. The van der Waals surface area contributed by atoms with Crippen LogP contribution in [0.4, 0.5) is 14.1 Å². The summed E-state index contributed by atoms with van der Waals surface area (Å²) in [6.07, 6.45) is 0.750. The minimum absolute atomic E-state index is 0. The molecule has 0 radical (unpaired) electrons. The van der Waals surface area contributed by atoms with Gasteiger partial charge >= 0.3 is 0 Å². The fourth-order valence-corrected chi connectivity index (χ4v) is 0.560. The van der Waals surface area contributed by atoms with Crippen molar-refractivity contribution in [1.29, 1.82) is 0 Å². The van der Waals surface area contributed by atoms with E-state index in [4.69, 9.17) is 11.6 Å². The molecule has 0 aliphatic rings. The summed E-state index contributed by atoms with van der Waals surface area (Å²) in [7, 11) is 3.38. The van der Waals surface area contributed by atoms with Crippen molar-refractivity contribution in [2.24, 2.45) is 0 Å². The van der Waals surface area contributed by atoms with Crippen LogP contribution < -0.4 is 0 Å². The normalized spacial score (nSPS) is 6.33. The molecular weight excluding hydrogens is 231 g/mol. The first-order chi connectivity index (χ1) is 5.66. The number of carbonyl (C=O) groups is 1. The van der Waals surface area contributed by atoms with E-state index >= 15 is 0 Å². The van der Waals surface area contributed by atoms with Crippen LogP contribution in [0.2, 0.25) is 5.02 Å². The number of hydrogen-bond acceptors (Lipinski definition) is 1. The monoisotopic (exact) mass is 245 g/mol. The van der Waals surface area contributed by atoms with Crippen LogP contribution >= 0.6 is 11.6 Å². The Balaban J connectivity index is -0.0000000701. The number of hydrogen-bond donors (Lipinski definition) is 0. The maximum absolute atomic E-state index is 9.43. The highest BCUT2D eigenvalue weighted by atomic mass is 35.5. The Morgan fingerprint density at radius 3 is 1.53 bits per heavy atom. The first kappa shape index (κ1) is 23.5. The molecule has 0 aliphatic carbocycles. The van der Waals surface area contributed by atoms with Crippen LogP contribution in [-0.2, 0) is 4.79 Å². The summed E-state index contributed by atoms with van der Waals surface area (Å²) < 4.78 is 0. The third kappa shape index (κ3) is 19.3. The first-order valence-electron chi connectivity index (χ1n) is 3.49. The standard InChI is InChI=1S/C6H5Cl.C3H7NO.3FH/c7-6-4-2-1-3-5-6;1-4(2)3-5;;;/h1-5H;3H,1-2H3;3*1H. The van der Waals surface area contributed by atoms with Gasteiger partial charge in [0.1, 0.15) is 0 Å². The Hall–Kier alpha value is -1.23. The van der Waals surface area contributed by atoms with E-state index in [1.165, 1.54) is 4.90 Å². The molecule has 1 amide bonds. The van der Waals surface area contributed by atoms with Crippen molar-refractivity contribution in [3.63, 3.8) is 0 Å². The van der Waals surface area contributed by atoms with Gasteiger partial charge in [-0.2, -0.15) is 0 Å². The third-order valence-corrected chi connectivity index (χ3v) is 1.20. The van der Waals surface area contributed by atoms with Gasteiger partial charge in [-0.25, -0.2) is 0 Å². The number of halogens is 4. The summed E-state index contributed by atoms with van der Waals surface area (Å²) in [4.78, 5) is 10.9. The lowest BCUT2D eigenvalue weighted by atomic mass is 10.4. The second kappa shape index (κ2) is 15.3. The van der Waals surface area contributed by atoms with Crippen LogP contribution in [0.1, 0.15) is 0 Å². The molecule has 1 aromatic carbocycles. The fourth-order valence-electron chi connectivity index (χ4n) is 0.415. The van der Waals surface area contributed by atoms with Crippen molar-refractivity contribution in [3.05, 3.63) is 35.4 Å². The Labute approximate surface area is 91.9 Å². The predicted octanol–water partition coefficient (Wildman–Crippen LogP) is 2.50. The third-order valence-electron chi connectivity index (χ3n) is 0.944. The largest absolute Gasteiger partial charge is 0.351 e. The summed E-state index contributed by atoms with van der Waals surface area (Å²) in [6, 6.07) is 9.44. The van der Waals surface area contributed by atoms with Gasteiger partial charge in [0.15, 0.2) is 0 Å². The second-order valence-electron chi connectivity index (χ2n) is 2.36. The lowest BCUT2D eigenvalue weighted by Gasteiger charge is -1.93. The Morgan fingerprint density at radius 2 is 1.40 bits per heavy atom. The molecule has 1 rings (SSSR count). The summed E-state index contributed by atoms with van der Waals surface area (Å²) >= 11 is 5.54. The van der Waals surface area contributed by atoms with Crippen LogP contribution in [0.15, 0.2) is 30.3 Å². The van der Waals surface area contributed by atoms with E-state index in [1.54, 1.807) is 14.1 Å². The van der Waals surface area contributed by atoms with E-state index < -0.39 is 0 Å². The highest BCUT2D eigenvalue weighted by Gasteiger charge is 1.74. The molecule has 15 heavy (non-hydrogen) atoms. The van der Waals surface area contributed by atoms with Crippen LogP contribution in [0.5, 0.6) is 0 Å². The minimum atomic E-state index is 0. The van der Waals surface area contributed by atoms with Gasteiger partial charge in [0.05, 0.1) is 0 Å². The Bertz CT molecular complexity index is 222. The van der Waals surface area contributed by atoms with Crippen molar-refractivity contribution in [3.8, 4) is 0 Å². The molecule has 90 valence electrons. The van der Waals surface area contributed by atoms with E-state index in [0.29, 0.717) is 0 Å². The molecule has 0 heterocycles. The van der Waals surface area contributed by atoms with Crippen molar-refractivity contribution < 1.29 is 18.9 Å². The highest BCUT2D eigenvalue weighted by Crippen LogP contribution is 2.03. The molecule has 2 nitrogen and oxygen atoms in total. The van der Waals surface area contributed by atoms with E-state index in [1.807, 2.05) is 30.3 Å². The highest BCUT2D eigenvalue weighted by molar-refractivity contribution is 6.30. The van der Waals surface area contributed by atoms with Crippen molar-refractivity contribution in [1.82, 2.24) is 4.90 Å². The maximum atomic E-state index is 9.43. The van der Waals surface area contributed by atoms with Gasteiger partial charge < -0.3 is 4.90 Å². The SMILES string of the molecule is CN(C)C=O.Clc1ccccc1.F.F.F. The molecule has 0 aromatic heterocycles. The zero-order chi connectivity index (χ0) is 9.40. The average molecular weight is 246 g/mol. The molecule has 0 bridgehead atoms. The van der Waals surface area contributed by atoms with Gasteiger partial charge in [-0.3, -0.25) is 18.9 Å². The van der Waals surface area contributed by atoms with Gasteiger partial charge in [0.25, 0.3) is 0 Å². The van der Waals surface area contributed by atoms with Gasteiger partial charge in [-0.1, -0.05) is 29.8 Å². The summed E-state index contributed by atoms with van der Waals surface area (Å²) in [5.74, 6) is 0. The lowest BCUT2D eigenvalue weighted by molar-refractivity contribution is -0.115. The number of benzene rings is 1. The zero-order valence-corrected chi connectivity index (χ0v) is 9.18. The van der Waals surface area contributed by atoms with E-state index in [2.05, 4.69) is 0 Å². The van der Waals surface area contributed by atoms with Gasteiger partial charge in [-0.15, -0.1) is 0 Å². The number of amides is 1. The van der Waals surface area contributed by atoms with Gasteiger partial charge in [-0.05, 0) is 12.1 Å². The Morgan fingerprint density at radius 1 is 1.07 bits per heavy atom. The quantitative estimate of drug-likeness (QED) is 0.696.